The summed E-state index contributed by atoms with van der Waals surface area (Å²) < 4.78 is 13.5. The Balaban J connectivity index is 1.72. The van der Waals surface area contributed by atoms with Gasteiger partial charge in [0.1, 0.15) is 11.2 Å². The number of nitrogens with one attached hydrogen (secondary N) is 1. The van der Waals surface area contributed by atoms with E-state index in [2.05, 4.69) is 11.4 Å². The minimum Gasteiger partial charge on any atom is -0.611 e. The number of halogens is 1. The van der Waals surface area contributed by atoms with Gasteiger partial charge in [-0.1, -0.05) is 66.2 Å². The lowest BCUT2D eigenvalue weighted by Crippen LogP contribution is -2.43. The van der Waals surface area contributed by atoms with Gasteiger partial charge in [0.25, 0.3) is 0 Å². The summed E-state index contributed by atoms with van der Waals surface area (Å²) in [7, 11) is 0. The molecule has 0 radical (unpaired) electrons. The molecule has 2 N–H and O–H groups in total. The van der Waals surface area contributed by atoms with Crippen molar-refractivity contribution in [1.82, 2.24) is 5.32 Å². The number of nitrogens with zero attached hydrogens (tertiary/aromatic N) is 1. The second kappa shape index (κ2) is 9.97. The number of benzene rings is 3. The van der Waals surface area contributed by atoms with Crippen molar-refractivity contribution in [1.29, 1.82) is 5.26 Å². The Morgan fingerprint density at radius 2 is 1.66 bits per heavy atom. The smallest absolute Gasteiger partial charge is 0.158 e. The number of hydrogen-bond acceptors (Lipinski definition) is 4. The van der Waals surface area contributed by atoms with Crippen LogP contribution in [0.1, 0.15) is 53.9 Å². The maximum atomic E-state index is 13.5. The average molecular weight is 505 g/mol. The van der Waals surface area contributed by atoms with Gasteiger partial charge in [-0.25, -0.2) is 0 Å². The fourth-order valence-electron chi connectivity index (χ4n) is 5.84. The molecular weight excluding hydrogens is 476 g/mol. The molecule has 2 aliphatic heterocycles. The third-order valence-corrected chi connectivity index (χ3v) is 9.36. The molecule has 4 nitrogen and oxygen atoms in total. The molecule has 35 heavy (non-hydrogen) atoms. The quantitative estimate of drug-likeness (QED) is 0.453. The number of fused-ring (bicyclic) bond motifs is 2. The van der Waals surface area contributed by atoms with Gasteiger partial charge in [-0.3, -0.25) is 0 Å². The fourth-order valence-corrected chi connectivity index (χ4v) is 7.36. The van der Waals surface area contributed by atoms with Gasteiger partial charge in [0.2, 0.25) is 0 Å². The largest absolute Gasteiger partial charge is 0.611 e. The lowest BCUT2D eigenvalue weighted by atomic mass is 9.61. The Morgan fingerprint density at radius 1 is 1.00 bits per heavy atom. The zero-order valence-corrected chi connectivity index (χ0v) is 21.1. The summed E-state index contributed by atoms with van der Waals surface area (Å²) in [4.78, 5) is 0.713. The molecule has 1 saturated heterocycles. The molecule has 3 aromatic carbocycles. The zero-order valence-electron chi connectivity index (χ0n) is 19.5. The Kier molecular flexibility index (Phi) is 6.94. The molecule has 0 aliphatic carbocycles. The van der Waals surface area contributed by atoms with Gasteiger partial charge in [-0.2, -0.15) is 5.26 Å². The maximum Gasteiger partial charge on any atom is 0.158 e. The van der Waals surface area contributed by atoms with Crippen molar-refractivity contribution >= 4 is 22.8 Å². The van der Waals surface area contributed by atoms with Crippen molar-refractivity contribution in [2.24, 2.45) is 0 Å². The molecule has 2 aliphatic rings. The molecule has 0 aromatic heterocycles. The molecule has 180 valence electrons. The Bertz CT molecular complexity index is 1240. The molecule has 0 saturated carbocycles. The highest BCUT2D eigenvalue weighted by Gasteiger charge is 2.50. The third kappa shape index (κ3) is 4.50. The van der Waals surface area contributed by atoms with Crippen LogP contribution in [-0.2, 0) is 22.3 Å². The molecule has 5 rings (SSSR count). The van der Waals surface area contributed by atoms with E-state index in [0.717, 1.165) is 35.3 Å². The number of hydrogen-bond donors (Lipinski definition) is 2. The van der Waals surface area contributed by atoms with Gasteiger partial charge in [0.05, 0.1) is 11.7 Å². The lowest BCUT2D eigenvalue weighted by molar-refractivity contribution is -0.00169. The predicted octanol–water partition coefficient (Wildman–Crippen LogP) is 5.45. The molecule has 6 heteroatoms. The number of aliphatic hydroxyl groups is 1. The summed E-state index contributed by atoms with van der Waals surface area (Å²) in [5.74, 6) is 0.112. The molecule has 2 heterocycles. The Morgan fingerprint density at radius 3 is 2.37 bits per heavy atom. The van der Waals surface area contributed by atoms with E-state index >= 15 is 0 Å². The first-order valence-corrected chi connectivity index (χ1v) is 13.8. The minimum absolute atomic E-state index is 0.263. The van der Waals surface area contributed by atoms with E-state index < -0.39 is 22.2 Å². The van der Waals surface area contributed by atoms with E-state index in [9.17, 15) is 14.9 Å². The Hall–Kier alpha value is -2.33. The second-order valence-corrected chi connectivity index (χ2v) is 11.5. The van der Waals surface area contributed by atoms with Crippen molar-refractivity contribution in [3.05, 3.63) is 100 Å². The molecule has 3 atom stereocenters. The summed E-state index contributed by atoms with van der Waals surface area (Å²) >= 11 is 4.98. The molecule has 3 aromatic rings. The van der Waals surface area contributed by atoms with Crippen LogP contribution < -0.4 is 5.32 Å². The summed E-state index contributed by atoms with van der Waals surface area (Å²) in [5.41, 5.74) is 1.80. The monoisotopic (exact) mass is 504 g/mol. The van der Waals surface area contributed by atoms with E-state index in [1.54, 1.807) is 0 Å². The highest BCUT2D eigenvalue weighted by molar-refractivity contribution is 7.90. The van der Waals surface area contributed by atoms with Crippen molar-refractivity contribution in [2.45, 2.75) is 53.3 Å². The lowest BCUT2D eigenvalue weighted by Gasteiger charge is -2.39. The van der Waals surface area contributed by atoms with Crippen LogP contribution in [0.2, 0.25) is 5.02 Å². The first-order valence-electron chi connectivity index (χ1n) is 12.1. The molecule has 0 amide bonds. The molecule has 3 unspecified atom stereocenters. The zero-order chi connectivity index (χ0) is 24.5. The normalized spacial score (nSPS) is 23.9. The SMILES string of the molecule is N#CC1(C(CCC2(O)CCNCC2)c2ccc(Cl)cc2)c2ccccc2C[S+]([O-])c2ccccc21. The molecular formula is C29H29ClN2O2S. The van der Waals surface area contributed by atoms with E-state index in [4.69, 9.17) is 11.6 Å². The van der Waals surface area contributed by atoms with Gasteiger partial charge in [-0.05, 0) is 79.3 Å². The first-order chi connectivity index (χ1) is 17.0. The second-order valence-electron chi connectivity index (χ2n) is 9.68. The number of rotatable bonds is 5. The maximum absolute atomic E-state index is 13.5. The van der Waals surface area contributed by atoms with Crippen LogP contribution in [0.15, 0.2) is 77.7 Å². The van der Waals surface area contributed by atoms with Crippen molar-refractivity contribution in [3.63, 3.8) is 0 Å². The van der Waals surface area contributed by atoms with Crippen molar-refractivity contribution in [3.8, 4) is 6.07 Å². The average Bonchev–Trinajstić information content (AvgIpc) is 2.98. The van der Waals surface area contributed by atoms with Gasteiger partial charge >= 0.3 is 0 Å². The van der Waals surface area contributed by atoms with E-state index in [1.807, 2.05) is 72.8 Å². The molecule has 1 fully saturated rings. The summed E-state index contributed by atoms with van der Waals surface area (Å²) in [6, 6.07) is 26.0. The number of piperidine rings is 1. The van der Waals surface area contributed by atoms with Crippen molar-refractivity contribution in [2.75, 3.05) is 13.1 Å². The summed E-state index contributed by atoms with van der Waals surface area (Å²) in [6.45, 7) is 1.58. The standard InChI is InChI=1S/C29H29ClN2O2S/c30-23-11-9-21(10-12-23)25(13-14-28(33)15-17-32-18-16-28)29(20-31)24-6-2-1-5-22(24)19-35(34)27-8-4-3-7-26(27)29/h1-12,25,32-33H,13-19H2. The van der Waals surface area contributed by atoms with E-state index in [-0.39, 0.29) is 5.92 Å². The molecule has 0 spiro atoms. The summed E-state index contributed by atoms with van der Waals surface area (Å²) in [5, 5.41) is 26.4. The van der Waals surface area contributed by atoms with Gasteiger partial charge in [-0.15, -0.1) is 0 Å². The minimum atomic E-state index is -1.27. The predicted molar refractivity (Wildman–Crippen MR) is 140 cm³/mol. The van der Waals surface area contributed by atoms with Crippen LogP contribution in [0.4, 0.5) is 0 Å². The van der Waals surface area contributed by atoms with Gasteiger partial charge in [0.15, 0.2) is 4.90 Å². The van der Waals surface area contributed by atoms with Crippen LogP contribution in [0.3, 0.4) is 0 Å². The summed E-state index contributed by atoms with van der Waals surface area (Å²) in [6.07, 6.45) is 2.58. The van der Waals surface area contributed by atoms with E-state index in [1.165, 1.54) is 0 Å². The van der Waals surface area contributed by atoms with Gasteiger partial charge < -0.3 is 15.0 Å². The van der Waals surface area contributed by atoms with Gasteiger partial charge in [0, 0.05) is 22.1 Å². The highest BCUT2D eigenvalue weighted by Crippen LogP contribution is 2.52. The van der Waals surface area contributed by atoms with Crippen LogP contribution in [0, 0.1) is 11.3 Å². The highest BCUT2D eigenvalue weighted by atomic mass is 35.5. The number of nitriles is 1. The van der Waals surface area contributed by atoms with Crippen LogP contribution >= 0.6 is 11.6 Å². The van der Waals surface area contributed by atoms with Crippen molar-refractivity contribution < 1.29 is 9.66 Å². The first kappa shape index (κ1) is 24.4. The fraction of sp³-hybridized carbons (Fsp3) is 0.345. The van der Waals surface area contributed by atoms with Crippen LogP contribution in [-0.4, -0.2) is 28.3 Å². The third-order valence-electron chi connectivity index (χ3n) is 7.69. The Labute approximate surface area is 215 Å². The molecule has 0 bridgehead atoms. The van der Waals surface area contributed by atoms with E-state index in [0.29, 0.717) is 41.4 Å². The van der Waals surface area contributed by atoms with Crippen LogP contribution in [0.5, 0.6) is 0 Å². The topological polar surface area (TPSA) is 79.1 Å². The van der Waals surface area contributed by atoms with Crippen LogP contribution in [0.25, 0.3) is 0 Å².